The van der Waals surface area contributed by atoms with E-state index in [0.29, 0.717) is 22.2 Å². The van der Waals surface area contributed by atoms with Gasteiger partial charge in [0.15, 0.2) is 5.82 Å². The summed E-state index contributed by atoms with van der Waals surface area (Å²) in [6, 6.07) is 19.3. The predicted molar refractivity (Wildman–Crippen MR) is 105 cm³/mol. The van der Waals surface area contributed by atoms with Crippen molar-refractivity contribution in [2.24, 2.45) is 0 Å². The molecule has 0 bridgehead atoms. The number of pyridine rings is 1. The molecular formula is C22H14ClN3. The van der Waals surface area contributed by atoms with Crippen LogP contribution in [0, 0.1) is 18.8 Å². The second-order valence-corrected chi connectivity index (χ2v) is 6.25. The third kappa shape index (κ3) is 3.28. The first-order valence-electron chi connectivity index (χ1n) is 8.17. The van der Waals surface area contributed by atoms with E-state index in [4.69, 9.17) is 11.6 Å². The highest BCUT2D eigenvalue weighted by Gasteiger charge is 2.07. The summed E-state index contributed by atoms with van der Waals surface area (Å²) in [5.41, 5.74) is 4.06. The maximum absolute atomic E-state index is 6.17. The van der Waals surface area contributed by atoms with E-state index in [-0.39, 0.29) is 0 Å². The Bertz CT molecular complexity index is 1170. The third-order valence-electron chi connectivity index (χ3n) is 4.00. The van der Waals surface area contributed by atoms with E-state index < -0.39 is 0 Å². The molecule has 2 aromatic carbocycles. The van der Waals surface area contributed by atoms with Gasteiger partial charge in [-0.3, -0.25) is 0 Å². The molecule has 0 radical (unpaired) electrons. The topological polar surface area (TPSA) is 38.7 Å². The lowest BCUT2D eigenvalue weighted by molar-refractivity contribution is 1.15. The maximum Gasteiger partial charge on any atom is 0.178 e. The monoisotopic (exact) mass is 355 g/mol. The fourth-order valence-corrected chi connectivity index (χ4v) is 2.75. The van der Waals surface area contributed by atoms with Crippen LogP contribution in [0.2, 0.25) is 5.02 Å². The molecule has 4 aromatic rings. The Kier molecular flexibility index (Phi) is 4.35. The summed E-state index contributed by atoms with van der Waals surface area (Å²) in [5.74, 6) is 6.80. The van der Waals surface area contributed by atoms with Gasteiger partial charge in [0.2, 0.25) is 0 Å². The van der Waals surface area contributed by atoms with Crippen molar-refractivity contribution in [1.82, 2.24) is 15.0 Å². The average Bonchev–Trinajstić information content (AvgIpc) is 2.68. The predicted octanol–water partition coefficient (Wildman–Crippen LogP) is 5.05. The average molecular weight is 356 g/mol. The standard InChI is InChI=1S/C22H14ClN3/c1-15-10-12-21(22-24-14-17-7-3-5-9-20(17)26-22)25-19(15)13-11-16-6-2-4-8-18(16)23/h2-10,12,14H,1H3. The number of aromatic nitrogens is 3. The van der Waals surface area contributed by atoms with E-state index in [0.717, 1.165) is 22.0 Å². The molecule has 124 valence electrons. The lowest BCUT2D eigenvalue weighted by Crippen LogP contribution is -1.96. The molecule has 0 atom stereocenters. The Morgan fingerprint density at radius 1 is 0.846 bits per heavy atom. The minimum Gasteiger partial charge on any atom is -0.236 e. The van der Waals surface area contributed by atoms with Gasteiger partial charge < -0.3 is 0 Å². The molecule has 0 saturated heterocycles. The van der Waals surface area contributed by atoms with Crippen molar-refractivity contribution in [3.05, 3.63) is 88.7 Å². The summed E-state index contributed by atoms with van der Waals surface area (Å²) in [4.78, 5) is 13.7. The smallest absolute Gasteiger partial charge is 0.178 e. The molecule has 26 heavy (non-hydrogen) atoms. The first-order valence-corrected chi connectivity index (χ1v) is 8.55. The molecule has 4 rings (SSSR count). The van der Waals surface area contributed by atoms with Crippen LogP contribution in [0.1, 0.15) is 16.8 Å². The largest absolute Gasteiger partial charge is 0.236 e. The zero-order chi connectivity index (χ0) is 17.9. The van der Waals surface area contributed by atoms with Gasteiger partial charge in [-0.05, 0) is 42.7 Å². The Balaban J connectivity index is 1.75. The lowest BCUT2D eigenvalue weighted by atomic mass is 10.1. The van der Waals surface area contributed by atoms with Crippen molar-refractivity contribution in [2.45, 2.75) is 6.92 Å². The Morgan fingerprint density at radius 2 is 1.65 bits per heavy atom. The van der Waals surface area contributed by atoms with Gasteiger partial charge in [-0.15, -0.1) is 0 Å². The third-order valence-corrected chi connectivity index (χ3v) is 4.33. The van der Waals surface area contributed by atoms with Crippen molar-refractivity contribution in [3.63, 3.8) is 0 Å². The van der Waals surface area contributed by atoms with Crippen LogP contribution in [-0.2, 0) is 0 Å². The molecule has 0 N–H and O–H groups in total. The number of hydrogen-bond donors (Lipinski definition) is 0. The van der Waals surface area contributed by atoms with Crippen LogP contribution in [-0.4, -0.2) is 15.0 Å². The van der Waals surface area contributed by atoms with Crippen LogP contribution < -0.4 is 0 Å². The molecule has 2 aromatic heterocycles. The number of fused-ring (bicyclic) bond motifs is 1. The molecule has 3 nitrogen and oxygen atoms in total. The summed E-state index contributed by atoms with van der Waals surface area (Å²) in [7, 11) is 0. The van der Waals surface area contributed by atoms with Crippen LogP contribution in [0.25, 0.3) is 22.4 Å². The van der Waals surface area contributed by atoms with Gasteiger partial charge in [0.1, 0.15) is 11.4 Å². The number of aryl methyl sites for hydroxylation is 1. The minimum atomic E-state index is 0.587. The summed E-state index contributed by atoms with van der Waals surface area (Å²) in [5, 5.41) is 1.63. The number of hydrogen-bond acceptors (Lipinski definition) is 3. The highest BCUT2D eigenvalue weighted by Crippen LogP contribution is 2.19. The number of rotatable bonds is 1. The molecule has 0 amide bonds. The van der Waals surface area contributed by atoms with E-state index in [1.807, 2.05) is 73.8 Å². The lowest BCUT2D eigenvalue weighted by Gasteiger charge is -2.04. The molecule has 0 spiro atoms. The number of para-hydroxylation sites is 1. The van der Waals surface area contributed by atoms with Gasteiger partial charge >= 0.3 is 0 Å². The normalized spacial score (nSPS) is 10.4. The summed E-state index contributed by atoms with van der Waals surface area (Å²) in [6.45, 7) is 1.98. The van der Waals surface area contributed by atoms with Crippen molar-refractivity contribution in [3.8, 4) is 23.4 Å². The number of nitrogens with zero attached hydrogens (tertiary/aromatic N) is 3. The van der Waals surface area contributed by atoms with Crippen LogP contribution in [0.3, 0.4) is 0 Å². The molecule has 0 aliphatic rings. The van der Waals surface area contributed by atoms with Gasteiger partial charge in [-0.1, -0.05) is 53.9 Å². The van der Waals surface area contributed by atoms with Crippen molar-refractivity contribution in [2.75, 3.05) is 0 Å². The second-order valence-electron chi connectivity index (χ2n) is 5.84. The molecule has 4 heteroatoms. The van der Waals surface area contributed by atoms with E-state index in [1.54, 1.807) is 0 Å². The summed E-state index contributed by atoms with van der Waals surface area (Å²) < 4.78 is 0. The van der Waals surface area contributed by atoms with Crippen LogP contribution in [0.4, 0.5) is 0 Å². The molecular weight excluding hydrogens is 342 g/mol. The number of benzene rings is 2. The zero-order valence-corrected chi connectivity index (χ0v) is 14.8. The van der Waals surface area contributed by atoms with Gasteiger partial charge in [0.25, 0.3) is 0 Å². The van der Waals surface area contributed by atoms with Gasteiger partial charge in [0, 0.05) is 17.1 Å². The SMILES string of the molecule is Cc1ccc(-c2ncc3ccccc3n2)nc1C#Cc1ccccc1Cl. The highest BCUT2D eigenvalue weighted by atomic mass is 35.5. The first kappa shape index (κ1) is 16.3. The Labute approximate surface area is 156 Å². The fourth-order valence-electron chi connectivity index (χ4n) is 2.56. The molecule has 0 aliphatic heterocycles. The maximum atomic E-state index is 6.17. The molecule has 0 fully saturated rings. The summed E-state index contributed by atoms with van der Waals surface area (Å²) >= 11 is 6.17. The number of halogens is 1. The van der Waals surface area contributed by atoms with Crippen molar-refractivity contribution >= 4 is 22.5 Å². The zero-order valence-electron chi connectivity index (χ0n) is 14.1. The van der Waals surface area contributed by atoms with E-state index in [2.05, 4.69) is 26.8 Å². The molecule has 0 unspecified atom stereocenters. The molecule has 0 saturated carbocycles. The quantitative estimate of drug-likeness (QED) is 0.448. The Hall–Kier alpha value is -3.22. The molecule has 0 aliphatic carbocycles. The van der Waals surface area contributed by atoms with E-state index in [9.17, 15) is 0 Å². The fraction of sp³-hybridized carbons (Fsp3) is 0.0455. The second kappa shape index (κ2) is 6.95. The minimum absolute atomic E-state index is 0.587. The van der Waals surface area contributed by atoms with Gasteiger partial charge in [-0.25, -0.2) is 15.0 Å². The Morgan fingerprint density at radius 3 is 2.54 bits per heavy atom. The summed E-state index contributed by atoms with van der Waals surface area (Å²) in [6.07, 6.45) is 1.81. The van der Waals surface area contributed by atoms with Crippen molar-refractivity contribution < 1.29 is 0 Å². The highest BCUT2D eigenvalue weighted by molar-refractivity contribution is 6.31. The van der Waals surface area contributed by atoms with Crippen LogP contribution in [0.15, 0.2) is 66.9 Å². The van der Waals surface area contributed by atoms with Crippen LogP contribution >= 0.6 is 11.6 Å². The van der Waals surface area contributed by atoms with Crippen molar-refractivity contribution in [1.29, 1.82) is 0 Å². The molecule has 2 heterocycles. The van der Waals surface area contributed by atoms with E-state index >= 15 is 0 Å². The van der Waals surface area contributed by atoms with Gasteiger partial charge in [0.05, 0.1) is 10.5 Å². The van der Waals surface area contributed by atoms with E-state index in [1.165, 1.54) is 0 Å². The van der Waals surface area contributed by atoms with Gasteiger partial charge in [-0.2, -0.15) is 0 Å². The van der Waals surface area contributed by atoms with Crippen LogP contribution in [0.5, 0.6) is 0 Å². The first-order chi connectivity index (χ1) is 12.7.